The molecule has 1 amide bonds. The lowest BCUT2D eigenvalue weighted by Gasteiger charge is -2.34. The Morgan fingerprint density at radius 2 is 1.91 bits per heavy atom. The molecule has 0 spiro atoms. The lowest BCUT2D eigenvalue weighted by atomic mass is 10.2. The average Bonchev–Trinajstić information content (AvgIpc) is 3.16. The predicted octanol–water partition coefficient (Wildman–Crippen LogP) is 5.12. The number of ether oxygens (including phenoxy) is 1. The molecule has 2 heterocycles. The van der Waals surface area contributed by atoms with E-state index in [1.165, 1.54) is 37.3 Å². The van der Waals surface area contributed by atoms with Gasteiger partial charge >= 0.3 is 6.55 Å². The third-order valence-corrected chi connectivity index (χ3v) is 7.58. The molecule has 1 aromatic heterocycles. The second kappa shape index (κ2) is 9.05. The molecule has 4 rings (SSSR count). The van der Waals surface area contributed by atoms with Gasteiger partial charge in [0.1, 0.15) is 16.7 Å². The van der Waals surface area contributed by atoms with E-state index in [-0.39, 0.29) is 54.5 Å². The van der Waals surface area contributed by atoms with Gasteiger partial charge in [0.15, 0.2) is 0 Å². The van der Waals surface area contributed by atoms with Crippen molar-refractivity contribution in [1.82, 2.24) is 9.78 Å². The predicted molar refractivity (Wildman–Crippen MR) is 124 cm³/mol. The molecule has 0 bridgehead atoms. The number of rotatable bonds is 5. The molecule has 1 aliphatic rings. The van der Waals surface area contributed by atoms with Gasteiger partial charge in [-0.3, -0.25) is 9.10 Å². The number of hydrogen-bond donors (Lipinski definition) is 1. The maximum absolute atomic E-state index is 13.4. The molecule has 0 fully saturated rings. The fraction of sp³-hybridized carbons (Fsp3) is 0.238. The highest BCUT2D eigenvalue weighted by atomic mass is 35.5. The summed E-state index contributed by atoms with van der Waals surface area (Å²) in [5.41, 5.74) is 0.371. The molecule has 0 unspecified atom stereocenters. The number of sulfonamides is 1. The molecule has 13 heteroatoms. The molecule has 34 heavy (non-hydrogen) atoms. The van der Waals surface area contributed by atoms with E-state index in [1.807, 2.05) is 0 Å². The second-order valence-electron chi connectivity index (χ2n) is 7.53. The van der Waals surface area contributed by atoms with E-state index in [1.54, 1.807) is 13.0 Å². The summed E-state index contributed by atoms with van der Waals surface area (Å²) in [7, 11) is -4.28. The van der Waals surface area contributed by atoms with Crippen molar-refractivity contribution in [3.8, 4) is 5.75 Å². The first-order valence-electron chi connectivity index (χ1n) is 9.91. The van der Waals surface area contributed by atoms with Crippen molar-refractivity contribution in [2.24, 2.45) is 0 Å². The quantitative estimate of drug-likeness (QED) is 0.493. The van der Waals surface area contributed by atoms with Crippen molar-refractivity contribution in [1.29, 1.82) is 0 Å². The van der Waals surface area contributed by atoms with E-state index in [0.29, 0.717) is 0 Å². The number of nitrogens with one attached hydrogen (secondary N) is 1. The summed E-state index contributed by atoms with van der Waals surface area (Å²) < 4.78 is 60.1. The molecule has 1 atom stereocenters. The lowest BCUT2D eigenvalue weighted by Crippen LogP contribution is -2.42. The van der Waals surface area contributed by atoms with Crippen LogP contribution < -0.4 is 14.4 Å². The number of nitrogens with zero attached hydrogens (tertiary/aromatic N) is 3. The van der Waals surface area contributed by atoms with E-state index in [2.05, 4.69) is 10.4 Å². The molecular weight excluding hydrogens is 513 g/mol. The van der Waals surface area contributed by atoms with Crippen LogP contribution in [-0.2, 0) is 10.0 Å². The Morgan fingerprint density at radius 3 is 2.53 bits per heavy atom. The zero-order valence-corrected chi connectivity index (χ0v) is 20.1. The van der Waals surface area contributed by atoms with Gasteiger partial charge in [-0.05, 0) is 44.2 Å². The summed E-state index contributed by atoms with van der Waals surface area (Å²) in [6.07, 6.45) is 0.273. The smallest absolute Gasteiger partial charge is 0.333 e. The van der Waals surface area contributed by atoms with E-state index < -0.39 is 28.6 Å². The van der Waals surface area contributed by atoms with Gasteiger partial charge in [0, 0.05) is 5.69 Å². The first kappa shape index (κ1) is 24.2. The average molecular weight is 531 g/mol. The summed E-state index contributed by atoms with van der Waals surface area (Å²) >= 11 is 12.2. The summed E-state index contributed by atoms with van der Waals surface area (Å²) in [6.45, 7) is -0.0594. The molecule has 1 N–H and O–H groups in total. The molecule has 1 aliphatic heterocycles. The van der Waals surface area contributed by atoms with E-state index in [4.69, 9.17) is 27.9 Å². The molecular formula is C21H18Cl2F2N4O4S. The Bertz CT molecular complexity index is 1360. The summed E-state index contributed by atoms with van der Waals surface area (Å²) in [6, 6.07) is 9.08. The van der Waals surface area contributed by atoms with Crippen LogP contribution in [0.1, 0.15) is 29.5 Å². The minimum Gasteiger partial charge on any atom is -0.487 e. The van der Waals surface area contributed by atoms with Crippen LogP contribution in [0.3, 0.4) is 0 Å². The van der Waals surface area contributed by atoms with E-state index in [0.717, 1.165) is 10.5 Å². The van der Waals surface area contributed by atoms with Crippen LogP contribution in [0.5, 0.6) is 5.75 Å². The van der Waals surface area contributed by atoms with Gasteiger partial charge in [-0.15, -0.1) is 0 Å². The Balaban J connectivity index is 1.73. The van der Waals surface area contributed by atoms with Gasteiger partial charge in [-0.1, -0.05) is 29.3 Å². The van der Waals surface area contributed by atoms with Crippen LogP contribution >= 0.6 is 23.2 Å². The third kappa shape index (κ3) is 4.42. The monoisotopic (exact) mass is 530 g/mol. The Hall–Kier alpha value is -2.89. The molecule has 180 valence electrons. The number of benzene rings is 2. The van der Waals surface area contributed by atoms with Crippen molar-refractivity contribution >= 4 is 50.5 Å². The maximum atomic E-state index is 13.4. The fourth-order valence-electron chi connectivity index (χ4n) is 3.55. The number of fused-ring (bicyclic) bond motifs is 1. The van der Waals surface area contributed by atoms with Crippen LogP contribution in [0.25, 0.3) is 0 Å². The van der Waals surface area contributed by atoms with Crippen molar-refractivity contribution in [3.63, 3.8) is 0 Å². The summed E-state index contributed by atoms with van der Waals surface area (Å²) in [4.78, 5) is 12.4. The van der Waals surface area contributed by atoms with E-state index in [9.17, 15) is 22.0 Å². The van der Waals surface area contributed by atoms with Gasteiger partial charge in [0.05, 0.1) is 39.7 Å². The van der Waals surface area contributed by atoms with Gasteiger partial charge in [-0.25, -0.2) is 13.1 Å². The van der Waals surface area contributed by atoms with Crippen molar-refractivity contribution in [3.05, 3.63) is 63.9 Å². The summed E-state index contributed by atoms with van der Waals surface area (Å²) in [5, 5.41) is 6.54. The number of anilines is 2. The Morgan fingerprint density at radius 1 is 1.24 bits per heavy atom. The molecule has 3 aromatic rings. The van der Waals surface area contributed by atoms with Gasteiger partial charge in [0.2, 0.25) is 0 Å². The molecule has 0 saturated heterocycles. The number of halogens is 4. The minimum absolute atomic E-state index is 0.0629. The standard InChI is InChI=1S/C21H18Cl2F2N4O4S/c1-11-9-29(34(31,32)18-10-28(21(24)25)27-12(18)2)16-8-13(6-7-17(16)33-11)26-20(30)19-14(22)4-3-5-15(19)23/h3-8,10-11,21H,9H2,1-2H3,(H,26,30)/t11-/m0/s1. The number of carbonyl (C=O) groups is 1. The highest BCUT2D eigenvalue weighted by Crippen LogP contribution is 2.39. The van der Waals surface area contributed by atoms with Gasteiger partial charge in [-0.2, -0.15) is 13.9 Å². The maximum Gasteiger partial charge on any atom is 0.333 e. The highest BCUT2D eigenvalue weighted by Gasteiger charge is 2.36. The molecule has 0 aliphatic carbocycles. The first-order chi connectivity index (χ1) is 16.0. The van der Waals surface area contributed by atoms with Crippen LogP contribution in [0.15, 0.2) is 47.5 Å². The zero-order chi connectivity index (χ0) is 24.8. The van der Waals surface area contributed by atoms with Crippen molar-refractivity contribution in [2.45, 2.75) is 31.4 Å². The number of hydrogen-bond acceptors (Lipinski definition) is 5. The number of aromatic nitrogens is 2. The second-order valence-corrected chi connectivity index (χ2v) is 10.2. The van der Waals surface area contributed by atoms with Crippen molar-refractivity contribution in [2.75, 3.05) is 16.2 Å². The SMILES string of the molecule is Cc1nn(C(F)F)cc1S(=O)(=O)N1C[C@H](C)Oc2ccc(NC(=O)c3c(Cl)cccc3Cl)cc21. The normalized spacial score (nSPS) is 15.7. The van der Waals surface area contributed by atoms with Crippen LogP contribution in [0, 0.1) is 6.92 Å². The third-order valence-electron chi connectivity index (χ3n) is 5.07. The van der Waals surface area contributed by atoms with Crippen LogP contribution in [0.2, 0.25) is 10.0 Å². The molecule has 0 saturated carbocycles. The number of carbonyl (C=O) groups excluding carboxylic acids is 1. The number of alkyl halides is 2. The number of amides is 1. The number of aryl methyl sites for hydroxylation is 1. The highest BCUT2D eigenvalue weighted by molar-refractivity contribution is 7.92. The Labute approximate surface area is 204 Å². The Kier molecular flexibility index (Phi) is 6.45. The topological polar surface area (TPSA) is 93.5 Å². The largest absolute Gasteiger partial charge is 0.487 e. The van der Waals surface area contributed by atoms with Gasteiger partial charge in [0.25, 0.3) is 15.9 Å². The summed E-state index contributed by atoms with van der Waals surface area (Å²) in [5.74, 6) is -0.348. The zero-order valence-electron chi connectivity index (χ0n) is 17.8. The molecule has 8 nitrogen and oxygen atoms in total. The first-order valence-corrected chi connectivity index (χ1v) is 12.1. The van der Waals surface area contributed by atoms with Crippen LogP contribution in [0.4, 0.5) is 20.2 Å². The lowest BCUT2D eigenvalue weighted by molar-refractivity contribution is 0.0561. The van der Waals surface area contributed by atoms with Gasteiger partial charge < -0.3 is 10.1 Å². The van der Waals surface area contributed by atoms with Crippen LogP contribution in [-0.4, -0.2) is 36.8 Å². The van der Waals surface area contributed by atoms with Crippen molar-refractivity contribution < 1.29 is 26.7 Å². The van der Waals surface area contributed by atoms with E-state index >= 15 is 0 Å². The fourth-order valence-corrected chi connectivity index (χ4v) is 5.82. The molecule has 0 radical (unpaired) electrons. The molecule has 2 aromatic carbocycles. The minimum atomic E-state index is -4.28.